The highest BCUT2D eigenvalue weighted by atomic mass is 35.5. The number of benzene rings is 2. The molecule has 0 unspecified atom stereocenters. The zero-order valence-electron chi connectivity index (χ0n) is 11.4. The summed E-state index contributed by atoms with van der Waals surface area (Å²) in [4.78, 5) is 32.9. The summed E-state index contributed by atoms with van der Waals surface area (Å²) in [6.45, 7) is 0. The van der Waals surface area contributed by atoms with E-state index in [1.54, 1.807) is 0 Å². The number of rotatable bonds is 4. The summed E-state index contributed by atoms with van der Waals surface area (Å²) in [5.74, 6) is -1.16. The van der Waals surface area contributed by atoms with Gasteiger partial charge in [-0.2, -0.15) is 0 Å². The van der Waals surface area contributed by atoms with Crippen LogP contribution in [0.1, 0.15) is 10.4 Å². The average molecular weight is 336 g/mol. The van der Waals surface area contributed by atoms with Gasteiger partial charge in [0.05, 0.1) is 21.2 Å². The van der Waals surface area contributed by atoms with E-state index in [2.05, 4.69) is 10.6 Å². The summed E-state index contributed by atoms with van der Waals surface area (Å²) in [7, 11) is 0. The van der Waals surface area contributed by atoms with Crippen molar-refractivity contribution in [3.05, 3.63) is 63.2 Å². The molecule has 2 amide bonds. The van der Waals surface area contributed by atoms with Gasteiger partial charge < -0.3 is 15.7 Å². The lowest BCUT2D eigenvalue weighted by atomic mass is 10.2. The number of nitro benzene ring substituents is 1. The second-order valence-corrected chi connectivity index (χ2v) is 4.79. The molecule has 9 heteroatoms. The highest BCUT2D eigenvalue weighted by Crippen LogP contribution is 2.24. The Kier molecular flexibility index (Phi) is 4.77. The number of nitrogens with zero attached hydrogens (tertiary/aromatic N) is 1. The molecule has 0 spiro atoms. The van der Waals surface area contributed by atoms with Crippen LogP contribution in [0.2, 0.25) is 5.02 Å². The third-order valence-corrected chi connectivity index (χ3v) is 3.11. The standard InChI is InChI=1S/C14H10ClN3O5/c15-11-5-4-8(13(19)20)6-12(11)17-14(21)16-9-2-1-3-10(7-9)18(22)23/h1-7H,(H,19,20)(H2,16,17,21). The van der Waals surface area contributed by atoms with Gasteiger partial charge in [0.2, 0.25) is 0 Å². The SMILES string of the molecule is O=C(Nc1cccc([N+](=O)[O-])c1)Nc1cc(C(=O)O)ccc1Cl. The molecule has 3 N–H and O–H groups in total. The van der Waals surface area contributed by atoms with Crippen LogP contribution >= 0.6 is 11.6 Å². The van der Waals surface area contributed by atoms with Crippen molar-refractivity contribution in [1.82, 2.24) is 0 Å². The number of carbonyl (C=O) groups excluding carboxylic acids is 1. The zero-order valence-corrected chi connectivity index (χ0v) is 12.2. The van der Waals surface area contributed by atoms with Crippen molar-refractivity contribution < 1.29 is 19.6 Å². The molecule has 2 rings (SSSR count). The van der Waals surface area contributed by atoms with Gasteiger partial charge in [-0.1, -0.05) is 17.7 Å². The Hall–Kier alpha value is -3.13. The number of hydrogen-bond donors (Lipinski definition) is 3. The van der Waals surface area contributed by atoms with Crippen LogP contribution in [0.25, 0.3) is 0 Å². The van der Waals surface area contributed by atoms with E-state index in [9.17, 15) is 19.7 Å². The second kappa shape index (κ2) is 6.75. The number of halogens is 1. The van der Waals surface area contributed by atoms with E-state index in [1.165, 1.54) is 42.5 Å². The smallest absolute Gasteiger partial charge is 0.335 e. The number of non-ortho nitro benzene ring substituents is 1. The summed E-state index contributed by atoms with van der Waals surface area (Å²) < 4.78 is 0. The summed E-state index contributed by atoms with van der Waals surface area (Å²) in [5.41, 5.74) is 0.102. The van der Waals surface area contributed by atoms with Gasteiger partial charge in [0, 0.05) is 17.8 Å². The molecule has 8 nitrogen and oxygen atoms in total. The molecular formula is C14H10ClN3O5. The van der Waals surface area contributed by atoms with Gasteiger partial charge in [-0.25, -0.2) is 9.59 Å². The largest absolute Gasteiger partial charge is 0.478 e. The van der Waals surface area contributed by atoms with E-state index in [-0.39, 0.29) is 27.6 Å². The fraction of sp³-hybridized carbons (Fsp3) is 0. The second-order valence-electron chi connectivity index (χ2n) is 4.39. The molecule has 0 saturated carbocycles. The number of anilines is 2. The highest BCUT2D eigenvalue weighted by molar-refractivity contribution is 6.34. The van der Waals surface area contributed by atoms with E-state index in [0.717, 1.165) is 0 Å². The molecular weight excluding hydrogens is 326 g/mol. The number of nitrogens with one attached hydrogen (secondary N) is 2. The minimum absolute atomic E-state index is 0.0416. The lowest BCUT2D eigenvalue weighted by Crippen LogP contribution is -2.20. The number of hydrogen-bond acceptors (Lipinski definition) is 4. The molecule has 0 heterocycles. The Morgan fingerprint density at radius 2 is 1.87 bits per heavy atom. The molecule has 118 valence electrons. The summed E-state index contributed by atoms with van der Waals surface area (Å²) in [5, 5.41) is 24.5. The maximum absolute atomic E-state index is 11.9. The monoisotopic (exact) mass is 335 g/mol. The van der Waals surface area contributed by atoms with E-state index in [1.807, 2.05) is 0 Å². The summed E-state index contributed by atoms with van der Waals surface area (Å²) in [6, 6.07) is 8.51. The lowest BCUT2D eigenvalue weighted by molar-refractivity contribution is -0.384. The van der Waals surface area contributed by atoms with Crippen LogP contribution in [-0.4, -0.2) is 22.0 Å². The van der Waals surface area contributed by atoms with Crippen molar-refractivity contribution >= 4 is 40.7 Å². The third-order valence-electron chi connectivity index (χ3n) is 2.78. The Morgan fingerprint density at radius 1 is 1.13 bits per heavy atom. The fourth-order valence-corrected chi connectivity index (χ4v) is 1.90. The van der Waals surface area contributed by atoms with Crippen molar-refractivity contribution in [3.63, 3.8) is 0 Å². The number of carboxylic acid groups (broad SMARTS) is 1. The van der Waals surface area contributed by atoms with Crippen molar-refractivity contribution in [2.75, 3.05) is 10.6 Å². The average Bonchev–Trinajstić information content (AvgIpc) is 2.49. The Balaban J connectivity index is 2.14. The van der Waals surface area contributed by atoms with Crippen LogP contribution in [0, 0.1) is 10.1 Å². The van der Waals surface area contributed by atoms with Crippen LogP contribution in [0.3, 0.4) is 0 Å². The molecule has 2 aromatic rings. The fourth-order valence-electron chi connectivity index (χ4n) is 1.74. The predicted octanol–water partition coefficient (Wildman–Crippen LogP) is 3.59. The van der Waals surface area contributed by atoms with Gasteiger partial charge in [-0.15, -0.1) is 0 Å². The van der Waals surface area contributed by atoms with Crippen LogP contribution in [-0.2, 0) is 0 Å². The lowest BCUT2D eigenvalue weighted by Gasteiger charge is -2.09. The molecule has 0 aliphatic carbocycles. The number of carbonyl (C=O) groups is 2. The molecule has 2 aromatic carbocycles. The van der Waals surface area contributed by atoms with Gasteiger partial charge in [0.1, 0.15) is 0 Å². The highest BCUT2D eigenvalue weighted by Gasteiger charge is 2.11. The van der Waals surface area contributed by atoms with Crippen molar-refractivity contribution in [3.8, 4) is 0 Å². The normalized spacial score (nSPS) is 9.96. The minimum atomic E-state index is -1.16. The molecule has 0 saturated heterocycles. The van der Waals surface area contributed by atoms with Crippen molar-refractivity contribution in [2.45, 2.75) is 0 Å². The van der Waals surface area contributed by atoms with E-state index < -0.39 is 16.9 Å². The number of aromatic carboxylic acids is 1. The first kappa shape index (κ1) is 16.2. The topological polar surface area (TPSA) is 122 Å². The summed E-state index contributed by atoms with van der Waals surface area (Å²) >= 11 is 5.89. The third kappa shape index (κ3) is 4.17. The maximum Gasteiger partial charge on any atom is 0.335 e. The van der Waals surface area contributed by atoms with Gasteiger partial charge in [0.15, 0.2) is 0 Å². The van der Waals surface area contributed by atoms with Crippen LogP contribution in [0.15, 0.2) is 42.5 Å². The molecule has 0 radical (unpaired) electrons. The molecule has 23 heavy (non-hydrogen) atoms. The number of carboxylic acids is 1. The Morgan fingerprint density at radius 3 is 2.52 bits per heavy atom. The maximum atomic E-state index is 11.9. The first-order valence-corrected chi connectivity index (χ1v) is 6.60. The van der Waals surface area contributed by atoms with Gasteiger partial charge in [0.25, 0.3) is 5.69 Å². The number of amides is 2. The molecule has 0 aliphatic heterocycles. The van der Waals surface area contributed by atoms with Crippen LogP contribution < -0.4 is 10.6 Å². The predicted molar refractivity (Wildman–Crippen MR) is 84.1 cm³/mol. The van der Waals surface area contributed by atoms with E-state index >= 15 is 0 Å². The molecule has 0 bridgehead atoms. The van der Waals surface area contributed by atoms with Gasteiger partial charge in [-0.3, -0.25) is 10.1 Å². The van der Waals surface area contributed by atoms with E-state index in [0.29, 0.717) is 0 Å². The van der Waals surface area contributed by atoms with Crippen LogP contribution in [0.4, 0.5) is 21.9 Å². The van der Waals surface area contributed by atoms with E-state index in [4.69, 9.17) is 16.7 Å². The van der Waals surface area contributed by atoms with Gasteiger partial charge in [-0.05, 0) is 24.3 Å². The quantitative estimate of drug-likeness (QED) is 0.582. The molecule has 0 fully saturated rings. The van der Waals surface area contributed by atoms with Crippen LogP contribution in [0.5, 0.6) is 0 Å². The van der Waals surface area contributed by atoms with Gasteiger partial charge >= 0.3 is 12.0 Å². The molecule has 0 atom stereocenters. The molecule has 0 aliphatic rings. The number of urea groups is 1. The Labute approximate surface area is 134 Å². The first-order chi connectivity index (χ1) is 10.9. The molecule has 0 aromatic heterocycles. The summed E-state index contributed by atoms with van der Waals surface area (Å²) in [6.07, 6.45) is 0. The minimum Gasteiger partial charge on any atom is -0.478 e. The zero-order chi connectivity index (χ0) is 17.0. The van der Waals surface area contributed by atoms with Crippen molar-refractivity contribution in [1.29, 1.82) is 0 Å². The Bertz CT molecular complexity index is 794. The first-order valence-electron chi connectivity index (χ1n) is 6.22. The van der Waals surface area contributed by atoms with Crippen molar-refractivity contribution in [2.24, 2.45) is 0 Å². The number of nitro groups is 1.